The molecule has 2 aliphatic heterocycles. The Morgan fingerprint density at radius 3 is 2.32 bits per heavy atom. The van der Waals surface area contributed by atoms with Crippen LogP contribution in [0.1, 0.15) is 78.1 Å². The summed E-state index contributed by atoms with van der Waals surface area (Å²) in [5.74, 6) is 0.203. The Morgan fingerprint density at radius 1 is 1.15 bits per heavy atom. The van der Waals surface area contributed by atoms with E-state index in [2.05, 4.69) is 24.1 Å². The number of halogens is 3. The Morgan fingerprint density at radius 2 is 1.78 bits per heavy atom. The summed E-state index contributed by atoms with van der Waals surface area (Å²) >= 11 is 1.44. The maximum Gasteiger partial charge on any atom is 0.404 e. The molecule has 1 amide bonds. The van der Waals surface area contributed by atoms with Crippen LogP contribution in [0.3, 0.4) is 0 Å². The van der Waals surface area contributed by atoms with Crippen LogP contribution >= 0.6 is 11.3 Å². The largest absolute Gasteiger partial charge is 0.404 e. The van der Waals surface area contributed by atoms with E-state index >= 15 is 0 Å². The van der Waals surface area contributed by atoms with Crippen LogP contribution in [0.4, 0.5) is 18.3 Å². The Labute approximate surface area is 248 Å². The molecule has 0 spiro atoms. The number of carbonyl (C=O) groups excluding carboxylic acids is 1. The van der Waals surface area contributed by atoms with Gasteiger partial charge in [-0.1, -0.05) is 55.2 Å². The van der Waals surface area contributed by atoms with Gasteiger partial charge in [-0.05, 0) is 49.4 Å². The average molecular weight is 621 g/mol. The third-order valence-corrected chi connectivity index (χ3v) is 10.2. The Kier molecular flexibility index (Phi) is 13.0. The smallest absolute Gasteiger partial charge is 0.302 e. The number of likely N-dealkylation sites (tertiary alicyclic amines) is 1. The molecule has 0 unspecified atom stereocenters. The molecule has 7 nitrogen and oxygen atoms in total. The molecule has 1 aromatic carbocycles. The first-order chi connectivity index (χ1) is 17.8. The van der Waals surface area contributed by atoms with Crippen LogP contribution in [-0.2, 0) is 27.6 Å². The number of hydrogen-bond acceptors (Lipinski definition) is 7. The average Bonchev–Trinajstić information content (AvgIpc) is 3.34. The number of aromatic nitrogens is 1. The third-order valence-electron chi connectivity index (χ3n) is 7.45. The maximum atomic E-state index is 13.2. The summed E-state index contributed by atoms with van der Waals surface area (Å²) in [7, 11) is -1.73. The minimum absolute atomic E-state index is 0. The van der Waals surface area contributed by atoms with Gasteiger partial charge in [0.05, 0.1) is 28.8 Å². The molecule has 1 N–H and O–H groups in total. The molecule has 234 valence electrons. The summed E-state index contributed by atoms with van der Waals surface area (Å²) in [5, 5.41) is 3.40. The van der Waals surface area contributed by atoms with E-state index in [4.69, 9.17) is 4.98 Å². The number of rotatable bonds is 8. The lowest BCUT2D eigenvalue weighted by molar-refractivity contribution is -0.191. The van der Waals surface area contributed by atoms with Crippen molar-refractivity contribution < 1.29 is 26.4 Å². The van der Waals surface area contributed by atoms with E-state index in [1.54, 1.807) is 26.1 Å². The van der Waals surface area contributed by atoms with E-state index in [0.29, 0.717) is 36.8 Å². The number of fused-ring (bicyclic) bond motifs is 1. The zero-order valence-electron chi connectivity index (χ0n) is 22.1. The first-order valence-corrected chi connectivity index (χ1v) is 15.4. The third kappa shape index (κ3) is 8.52. The van der Waals surface area contributed by atoms with Gasteiger partial charge in [0, 0.05) is 24.5 Å². The lowest BCUT2D eigenvalue weighted by Gasteiger charge is -2.40. The molecule has 0 saturated carbocycles. The van der Waals surface area contributed by atoms with Gasteiger partial charge >= 0.3 is 6.18 Å². The summed E-state index contributed by atoms with van der Waals surface area (Å²) in [4.78, 5) is 22.5. The molecule has 1 saturated heterocycles. The number of piperidine rings is 1. The highest BCUT2D eigenvalue weighted by molar-refractivity contribution is 7.91. The normalized spacial score (nSPS) is 21.4. The zero-order valence-corrected chi connectivity index (χ0v) is 23.7. The number of thiazole rings is 1. The monoisotopic (exact) mass is 620 g/mol. The fourth-order valence-electron chi connectivity index (χ4n) is 5.60. The van der Waals surface area contributed by atoms with Gasteiger partial charge < -0.3 is 5.32 Å². The molecule has 2 aliphatic rings. The Bertz CT molecular complexity index is 1250. The fourth-order valence-corrected chi connectivity index (χ4v) is 7.52. The molecule has 0 bridgehead atoms. The van der Waals surface area contributed by atoms with Gasteiger partial charge in [-0.2, -0.15) is 13.2 Å². The van der Waals surface area contributed by atoms with Gasteiger partial charge in [0.25, 0.3) is 0 Å². The van der Waals surface area contributed by atoms with Crippen molar-refractivity contribution >= 4 is 32.2 Å². The van der Waals surface area contributed by atoms with Crippen molar-refractivity contribution in [3.05, 3.63) is 40.4 Å². The molecule has 41 heavy (non-hydrogen) atoms. The molecule has 3 heterocycles. The molecular weight excluding hydrogens is 573 g/mol. The van der Waals surface area contributed by atoms with E-state index in [0.717, 1.165) is 10.6 Å². The first-order valence-electron chi connectivity index (χ1n) is 12.9. The minimum Gasteiger partial charge on any atom is -0.302 e. The highest BCUT2D eigenvalue weighted by atomic mass is 32.2. The Hall–Kier alpha value is -2.02. The number of alkyl halides is 3. The van der Waals surface area contributed by atoms with Crippen LogP contribution < -0.4 is 5.32 Å². The number of carbonyl (C=O) groups is 1. The highest BCUT2D eigenvalue weighted by Gasteiger charge is 2.45. The fraction of sp³-hybridized carbons (Fsp3) is 0.655. The van der Waals surface area contributed by atoms with Crippen molar-refractivity contribution in [2.45, 2.75) is 92.0 Å². The molecule has 1 fully saturated rings. The lowest BCUT2D eigenvalue weighted by atomic mass is 9.91. The second-order valence-corrected chi connectivity index (χ2v) is 14.0. The van der Waals surface area contributed by atoms with Gasteiger partial charge in [-0.25, -0.2) is 13.4 Å². The number of amides is 1. The zero-order chi connectivity index (χ0) is 27.8. The predicted molar refractivity (Wildman–Crippen MR) is 162 cm³/mol. The van der Waals surface area contributed by atoms with Crippen molar-refractivity contribution in [3.63, 3.8) is 0 Å². The van der Waals surface area contributed by atoms with Crippen molar-refractivity contribution in [1.29, 1.82) is 0 Å². The summed E-state index contributed by atoms with van der Waals surface area (Å²) < 4.78 is 63.7. The molecule has 3 atom stereocenters. The first kappa shape index (κ1) is 37.0. The van der Waals surface area contributed by atoms with E-state index in [1.807, 2.05) is 0 Å². The van der Waals surface area contributed by atoms with Crippen molar-refractivity contribution in [2.75, 3.05) is 31.2 Å². The van der Waals surface area contributed by atoms with Crippen molar-refractivity contribution in [3.8, 4) is 0 Å². The molecule has 12 heteroatoms. The van der Waals surface area contributed by atoms with E-state index in [-0.39, 0.29) is 69.6 Å². The minimum atomic E-state index is -4.19. The quantitative estimate of drug-likeness (QED) is 0.349. The van der Waals surface area contributed by atoms with Crippen LogP contribution in [-0.4, -0.2) is 67.2 Å². The number of anilines is 1. The maximum absolute atomic E-state index is 13.2. The number of nitrogens with zero attached hydrogens (tertiary/aromatic N) is 3. The lowest BCUT2D eigenvalue weighted by Crippen LogP contribution is -2.50. The molecule has 4 rings (SSSR count). The molecule has 0 radical (unpaired) electrons. The summed E-state index contributed by atoms with van der Waals surface area (Å²) in [5.41, 5.74) is 1.64. The van der Waals surface area contributed by atoms with Crippen molar-refractivity contribution in [2.24, 2.45) is 11.8 Å². The van der Waals surface area contributed by atoms with Crippen LogP contribution in [0.25, 0.3) is 0 Å². The van der Waals surface area contributed by atoms with E-state index in [9.17, 15) is 26.4 Å². The van der Waals surface area contributed by atoms with E-state index < -0.39 is 22.1 Å². The highest BCUT2D eigenvalue weighted by Crippen LogP contribution is 2.43. The van der Waals surface area contributed by atoms with Gasteiger partial charge in [0.2, 0.25) is 5.91 Å². The predicted octanol–water partition coefficient (Wildman–Crippen LogP) is 6.81. The van der Waals surface area contributed by atoms with Crippen LogP contribution in [0.5, 0.6) is 0 Å². The van der Waals surface area contributed by atoms with E-state index in [1.165, 1.54) is 28.4 Å². The standard InChI is InChI=1S/C26H35F3N4O3S2.3CH4/c1-5-38(35,36)19-9-6-17(7-10-19)12-22(34)30-25-31-23-20(37-25)15-33(24(23)16(2)3)14-18-8-11-21(26(27,28)29)32(4)13-18;;;/h6-7,9-10,16,18,21,24H,5,8,11-15H2,1-4H3,(H,30,31,34);3*1H4/t18-,21-,24+;;;/m1.../s1. The molecule has 2 aromatic rings. The Balaban J connectivity index is 0.00000280. The van der Waals surface area contributed by atoms with Gasteiger partial charge in [-0.3, -0.25) is 14.6 Å². The van der Waals surface area contributed by atoms with Gasteiger partial charge in [-0.15, -0.1) is 11.3 Å². The SMILES string of the molecule is C.C.C.CCS(=O)(=O)c1ccc(CC(=O)Nc2nc3c(s2)CN(C[C@@H]2CC[C@H](C(F)(F)F)N(C)C2)[C@H]3C(C)C)cc1. The summed E-state index contributed by atoms with van der Waals surface area (Å²) in [6.45, 7) is 7.61. The molecular formula is C29H47F3N4O3S2. The number of nitrogens with one attached hydrogen (secondary N) is 1. The summed E-state index contributed by atoms with van der Waals surface area (Å²) in [6, 6.07) is 5.02. The van der Waals surface area contributed by atoms with Crippen LogP contribution in [0, 0.1) is 11.8 Å². The van der Waals surface area contributed by atoms with Gasteiger partial charge in [0.1, 0.15) is 6.04 Å². The number of hydrogen-bond donors (Lipinski definition) is 1. The second kappa shape index (κ2) is 14.4. The molecule has 0 aliphatic carbocycles. The topological polar surface area (TPSA) is 82.6 Å². The molecule has 1 aromatic heterocycles. The van der Waals surface area contributed by atoms with Crippen LogP contribution in [0.2, 0.25) is 0 Å². The number of sulfone groups is 1. The van der Waals surface area contributed by atoms with Gasteiger partial charge in [0.15, 0.2) is 15.0 Å². The number of benzene rings is 1. The second-order valence-electron chi connectivity index (χ2n) is 10.7. The van der Waals surface area contributed by atoms with Crippen LogP contribution in [0.15, 0.2) is 29.2 Å². The summed E-state index contributed by atoms with van der Waals surface area (Å²) in [6.07, 6.45) is -3.42. The van der Waals surface area contributed by atoms with Crippen molar-refractivity contribution in [1.82, 2.24) is 14.8 Å².